The van der Waals surface area contributed by atoms with Crippen LogP contribution < -0.4 is 10.9 Å². The highest BCUT2D eigenvalue weighted by atomic mass is 32.1. The Labute approximate surface area is 131 Å². The first-order chi connectivity index (χ1) is 10.2. The summed E-state index contributed by atoms with van der Waals surface area (Å²) in [5.74, 6) is 0. The maximum Gasteiger partial charge on any atom is 0.201 e. The molecule has 114 valence electrons. The van der Waals surface area contributed by atoms with Gasteiger partial charge in [0.15, 0.2) is 0 Å². The first kappa shape index (κ1) is 15.9. The number of nitrogens with zero attached hydrogens (tertiary/aromatic N) is 3. The smallest absolute Gasteiger partial charge is 0.201 e. The number of hydrazone groups is 1. The summed E-state index contributed by atoms with van der Waals surface area (Å²) in [5, 5.41) is 6.83. The highest BCUT2D eigenvalue weighted by Crippen LogP contribution is 2.08. The molecule has 0 atom stereocenters. The molecule has 2 heterocycles. The van der Waals surface area contributed by atoms with Crippen LogP contribution in [0.1, 0.15) is 43.5 Å². The normalized spacial score (nSPS) is 17.2. The highest BCUT2D eigenvalue weighted by molar-refractivity contribution is 7.80. The van der Waals surface area contributed by atoms with Crippen molar-refractivity contribution < 1.29 is 0 Å². The number of pyridine rings is 1. The van der Waals surface area contributed by atoms with Gasteiger partial charge in [0.2, 0.25) is 5.11 Å². The average Bonchev–Trinajstić information content (AvgIpc) is 2.42. The van der Waals surface area contributed by atoms with Crippen LogP contribution in [0.25, 0.3) is 0 Å². The van der Waals surface area contributed by atoms with Gasteiger partial charge in [-0.25, -0.2) is 5.01 Å². The third-order valence-corrected chi connectivity index (χ3v) is 3.57. The zero-order valence-electron chi connectivity index (χ0n) is 12.5. The molecule has 2 rings (SSSR count). The molecule has 0 bridgehead atoms. The number of hydrogen-bond donors (Lipinski definition) is 2. The lowest BCUT2D eigenvalue weighted by Gasteiger charge is -2.25. The number of rotatable bonds is 3. The standard InChI is InChI=1S/C15H23N5S/c1-13-8-7-9-14(17-13)12-16-18-15(21)19-20-10-5-3-2-4-6-11-20/h7-9,12H,2-6,10-11H2,1H3,(H2,18,19,21)/b16-12+. The predicted octanol–water partition coefficient (Wildman–Crippen LogP) is 2.37. The topological polar surface area (TPSA) is 52.6 Å². The summed E-state index contributed by atoms with van der Waals surface area (Å²) in [7, 11) is 0. The Hall–Kier alpha value is -1.53. The summed E-state index contributed by atoms with van der Waals surface area (Å²) >= 11 is 5.26. The van der Waals surface area contributed by atoms with E-state index in [-0.39, 0.29) is 0 Å². The Morgan fingerprint density at radius 1 is 1.24 bits per heavy atom. The molecule has 1 aliphatic rings. The van der Waals surface area contributed by atoms with Gasteiger partial charge >= 0.3 is 0 Å². The maximum absolute atomic E-state index is 5.26. The largest absolute Gasteiger partial charge is 0.294 e. The Morgan fingerprint density at radius 3 is 2.67 bits per heavy atom. The monoisotopic (exact) mass is 305 g/mol. The molecular weight excluding hydrogens is 282 g/mol. The van der Waals surface area contributed by atoms with E-state index in [4.69, 9.17) is 12.2 Å². The predicted molar refractivity (Wildman–Crippen MR) is 90.1 cm³/mol. The molecule has 0 saturated carbocycles. The van der Waals surface area contributed by atoms with Crippen molar-refractivity contribution in [3.05, 3.63) is 29.6 Å². The maximum atomic E-state index is 5.26. The van der Waals surface area contributed by atoms with Crippen molar-refractivity contribution in [3.63, 3.8) is 0 Å². The van der Waals surface area contributed by atoms with Crippen LogP contribution in [-0.4, -0.2) is 34.4 Å². The van der Waals surface area contributed by atoms with Gasteiger partial charge in [0.1, 0.15) is 0 Å². The van der Waals surface area contributed by atoms with Gasteiger partial charge in [-0.1, -0.05) is 25.3 Å². The fourth-order valence-corrected chi connectivity index (χ4v) is 2.50. The van der Waals surface area contributed by atoms with Gasteiger partial charge in [-0.2, -0.15) is 5.10 Å². The summed E-state index contributed by atoms with van der Waals surface area (Å²) in [4.78, 5) is 4.35. The van der Waals surface area contributed by atoms with Gasteiger partial charge in [-0.3, -0.25) is 15.8 Å². The average molecular weight is 305 g/mol. The molecule has 2 N–H and O–H groups in total. The molecule has 1 aromatic rings. The van der Waals surface area contributed by atoms with Crippen LogP contribution in [0, 0.1) is 6.92 Å². The molecule has 0 unspecified atom stereocenters. The number of nitrogens with one attached hydrogen (secondary N) is 2. The molecule has 21 heavy (non-hydrogen) atoms. The van der Waals surface area contributed by atoms with Crippen LogP contribution in [0.3, 0.4) is 0 Å². The van der Waals surface area contributed by atoms with Crippen molar-refractivity contribution in [2.75, 3.05) is 13.1 Å². The summed E-state index contributed by atoms with van der Waals surface area (Å²) < 4.78 is 0. The molecule has 6 heteroatoms. The molecule has 5 nitrogen and oxygen atoms in total. The van der Waals surface area contributed by atoms with E-state index in [1.165, 1.54) is 32.1 Å². The molecule has 0 spiro atoms. The minimum absolute atomic E-state index is 0.527. The van der Waals surface area contributed by atoms with Gasteiger partial charge < -0.3 is 0 Å². The molecule has 1 aliphatic heterocycles. The van der Waals surface area contributed by atoms with Crippen molar-refractivity contribution in [2.24, 2.45) is 5.10 Å². The van der Waals surface area contributed by atoms with Gasteiger partial charge in [-0.15, -0.1) is 0 Å². The van der Waals surface area contributed by atoms with Crippen LogP contribution >= 0.6 is 12.2 Å². The molecule has 1 fully saturated rings. The van der Waals surface area contributed by atoms with Gasteiger partial charge in [-0.05, 0) is 44.1 Å². The first-order valence-electron chi connectivity index (χ1n) is 7.52. The van der Waals surface area contributed by atoms with E-state index in [2.05, 4.69) is 25.9 Å². The minimum Gasteiger partial charge on any atom is -0.294 e. The number of aromatic nitrogens is 1. The van der Waals surface area contributed by atoms with E-state index in [9.17, 15) is 0 Å². The Balaban J connectivity index is 1.76. The van der Waals surface area contributed by atoms with E-state index >= 15 is 0 Å². The van der Waals surface area contributed by atoms with E-state index in [1.807, 2.05) is 25.1 Å². The molecular formula is C15H23N5S. The Morgan fingerprint density at radius 2 is 1.95 bits per heavy atom. The summed E-state index contributed by atoms with van der Waals surface area (Å²) in [5.41, 5.74) is 7.83. The molecule has 0 aliphatic carbocycles. The first-order valence-corrected chi connectivity index (χ1v) is 7.93. The van der Waals surface area contributed by atoms with E-state index < -0.39 is 0 Å². The second-order valence-corrected chi connectivity index (χ2v) is 5.68. The van der Waals surface area contributed by atoms with Crippen molar-refractivity contribution in [3.8, 4) is 0 Å². The van der Waals surface area contributed by atoms with E-state index in [0.717, 1.165) is 24.5 Å². The summed E-state index contributed by atoms with van der Waals surface area (Å²) in [6.07, 6.45) is 8.06. The van der Waals surface area contributed by atoms with Crippen LogP contribution in [0.5, 0.6) is 0 Å². The molecule has 0 radical (unpaired) electrons. The SMILES string of the molecule is Cc1cccc(/C=N/NC(=S)NN2CCCCCCC2)n1. The number of hydrogen-bond acceptors (Lipinski definition) is 4. The summed E-state index contributed by atoms with van der Waals surface area (Å²) in [6.45, 7) is 4.02. The van der Waals surface area contributed by atoms with E-state index in [1.54, 1.807) is 6.21 Å². The van der Waals surface area contributed by atoms with Gasteiger partial charge in [0, 0.05) is 18.8 Å². The fraction of sp³-hybridized carbons (Fsp3) is 0.533. The lowest BCUT2D eigenvalue weighted by atomic mass is 10.1. The Bertz CT molecular complexity index is 481. The zero-order chi connectivity index (χ0) is 14.9. The third-order valence-electron chi connectivity index (χ3n) is 3.39. The highest BCUT2D eigenvalue weighted by Gasteiger charge is 2.08. The third kappa shape index (κ3) is 6.18. The number of thiocarbonyl (C=S) groups is 1. The molecule has 1 saturated heterocycles. The van der Waals surface area contributed by atoms with Crippen LogP contribution in [0.2, 0.25) is 0 Å². The van der Waals surface area contributed by atoms with Crippen LogP contribution in [-0.2, 0) is 0 Å². The molecule has 1 aromatic heterocycles. The van der Waals surface area contributed by atoms with Crippen molar-refractivity contribution >= 4 is 23.5 Å². The minimum atomic E-state index is 0.527. The van der Waals surface area contributed by atoms with Gasteiger partial charge in [0.25, 0.3) is 0 Å². The number of hydrazine groups is 1. The lowest BCUT2D eigenvalue weighted by molar-refractivity contribution is 0.212. The Kier molecular flexibility index (Phi) is 6.56. The zero-order valence-corrected chi connectivity index (χ0v) is 13.3. The van der Waals surface area contributed by atoms with Crippen molar-refractivity contribution in [2.45, 2.75) is 39.0 Å². The molecule has 0 aromatic carbocycles. The summed E-state index contributed by atoms with van der Waals surface area (Å²) in [6, 6.07) is 5.83. The van der Waals surface area contributed by atoms with Gasteiger partial charge in [0.05, 0.1) is 11.9 Å². The van der Waals surface area contributed by atoms with Crippen molar-refractivity contribution in [1.29, 1.82) is 0 Å². The van der Waals surface area contributed by atoms with Crippen molar-refractivity contribution in [1.82, 2.24) is 20.8 Å². The van der Waals surface area contributed by atoms with Crippen LogP contribution in [0.15, 0.2) is 23.3 Å². The fourth-order valence-electron chi connectivity index (χ4n) is 2.32. The van der Waals surface area contributed by atoms with Crippen LogP contribution in [0.4, 0.5) is 0 Å². The van der Waals surface area contributed by atoms with E-state index in [0.29, 0.717) is 5.11 Å². The second-order valence-electron chi connectivity index (χ2n) is 5.27. The number of aryl methyl sites for hydroxylation is 1. The molecule has 0 amide bonds. The lowest BCUT2D eigenvalue weighted by Crippen LogP contribution is -2.47. The quantitative estimate of drug-likeness (QED) is 0.510. The second kappa shape index (κ2) is 8.69.